The van der Waals surface area contributed by atoms with Gasteiger partial charge >= 0.3 is 0 Å². The Kier molecular flexibility index (Phi) is 4.52. The third-order valence-corrected chi connectivity index (χ3v) is 7.48. The van der Waals surface area contributed by atoms with Crippen molar-refractivity contribution in [2.75, 3.05) is 5.73 Å². The van der Waals surface area contributed by atoms with Gasteiger partial charge in [-0.15, -0.1) is 11.3 Å². The van der Waals surface area contributed by atoms with Crippen molar-refractivity contribution in [2.24, 2.45) is 5.92 Å². The Hall–Kier alpha value is -1.14. The fraction of sp³-hybridized carbons (Fsp3) is 0.611. The van der Waals surface area contributed by atoms with E-state index in [2.05, 4.69) is 11.9 Å². The molecule has 2 aliphatic rings. The first-order chi connectivity index (χ1) is 11.6. The van der Waals surface area contributed by atoms with Gasteiger partial charge in [0.25, 0.3) is 0 Å². The van der Waals surface area contributed by atoms with Crippen LogP contribution >= 0.6 is 23.1 Å². The molecule has 2 unspecified atom stereocenters. The molecule has 4 rings (SSSR count). The second kappa shape index (κ2) is 6.64. The number of rotatable bonds is 2. The number of hydrogen-bond acceptors (Lipinski definition) is 6. The number of carbonyl (C=O) groups excluding carboxylic acids is 1. The number of carbonyl (C=O) groups is 1. The predicted molar refractivity (Wildman–Crippen MR) is 101 cm³/mol. The molecule has 0 saturated heterocycles. The molecule has 2 heterocycles. The Morgan fingerprint density at radius 1 is 1.17 bits per heavy atom. The summed E-state index contributed by atoms with van der Waals surface area (Å²) in [5.41, 5.74) is 7.66. The van der Waals surface area contributed by atoms with Crippen molar-refractivity contribution in [3.8, 4) is 0 Å². The molecule has 0 aliphatic heterocycles. The van der Waals surface area contributed by atoms with Crippen molar-refractivity contribution in [3.63, 3.8) is 0 Å². The van der Waals surface area contributed by atoms with Crippen LogP contribution in [0, 0.1) is 5.92 Å². The number of ketones is 1. The lowest BCUT2D eigenvalue weighted by Crippen LogP contribution is -2.15. The van der Waals surface area contributed by atoms with Crippen molar-refractivity contribution in [1.82, 2.24) is 9.97 Å². The van der Waals surface area contributed by atoms with Gasteiger partial charge in [-0.3, -0.25) is 4.79 Å². The summed E-state index contributed by atoms with van der Waals surface area (Å²) >= 11 is 3.29. The summed E-state index contributed by atoms with van der Waals surface area (Å²) in [6.45, 7) is 2.31. The van der Waals surface area contributed by atoms with Crippen LogP contribution in [0.3, 0.4) is 0 Å². The van der Waals surface area contributed by atoms with Crippen molar-refractivity contribution < 1.29 is 4.79 Å². The molecule has 2 aromatic rings. The summed E-state index contributed by atoms with van der Waals surface area (Å²) in [6.07, 6.45) is 8.34. The Morgan fingerprint density at radius 3 is 2.92 bits per heavy atom. The smallest absolute Gasteiger partial charge is 0.191 e. The lowest BCUT2D eigenvalue weighted by molar-refractivity contribution is -0.118. The number of anilines is 1. The molecule has 6 heteroatoms. The Bertz CT molecular complexity index is 786. The van der Waals surface area contributed by atoms with Crippen molar-refractivity contribution >= 4 is 44.9 Å². The highest BCUT2D eigenvalue weighted by Crippen LogP contribution is 2.40. The van der Waals surface area contributed by atoms with Gasteiger partial charge in [-0.25, -0.2) is 9.97 Å². The van der Waals surface area contributed by atoms with Gasteiger partial charge in [0.15, 0.2) is 5.16 Å². The highest BCUT2D eigenvalue weighted by atomic mass is 32.2. The molecular formula is C18H23N3OS2. The second-order valence-electron chi connectivity index (χ2n) is 7.10. The van der Waals surface area contributed by atoms with E-state index in [9.17, 15) is 4.79 Å². The monoisotopic (exact) mass is 361 g/mol. The van der Waals surface area contributed by atoms with Crippen molar-refractivity contribution in [2.45, 2.75) is 68.7 Å². The van der Waals surface area contributed by atoms with Crippen LogP contribution in [0.15, 0.2) is 5.16 Å². The normalized spacial score (nSPS) is 24.8. The number of fused-ring (bicyclic) bond motifs is 3. The van der Waals surface area contributed by atoms with Crippen LogP contribution in [0.2, 0.25) is 0 Å². The summed E-state index contributed by atoms with van der Waals surface area (Å²) in [4.78, 5) is 24.0. The fourth-order valence-corrected chi connectivity index (χ4v) is 6.31. The summed E-state index contributed by atoms with van der Waals surface area (Å²) in [7, 11) is 0. The fourth-order valence-electron chi connectivity index (χ4n) is 3.78. The SMILES string of the molecule is CC1CCc2c(sc3nc(SC4CCCCCC4=O)nc(N)c23)C1. The molecule has 0 spiro atoms. The van der Waals surface area contributed by atoms with Gasteiger partial charge in [0, 0.05) is 11.3 Å². The molecular weight excluding hydrogens is 338 g/mol. The molecule has 2 aliphatic carbocycles. The molecule has 0 amide bonds. The van der Waals surface area contributed by atoms with Gasteiger partial charge in [-0.1, -0.05) is 31.5 Å². The Morgan fingerprint density at radius 2 is 2.04 bits per heavy atom. The van der Waals surface area contributed by atoms with E-state index in [1.54, 1.807) is 11.3 Å². The topological polar surface area (TPSA) is 68.9 Å². The molecule has 2 atom stereocenters. The summed E-state index contributed by atoms with van der Waals surface area (Å²) in [5, 5.41) is 1.74. The van der Waals surface area contributed by atoms with Gasteiger partial charge in [-0.05, 0) is 43.6 Å². The number of nitrogens with zero attached hydrogens (tertiary/aromatic N) is 2. The third kappa shape index (κ3) is 3.06. The average Bonchev–Trinajstić information content (AvgIpc) is 2.78. The van der Waals surface area contributed by atoms with Gasteiger partial charge in [0.2, 0.25) is 0 Å². The number of hydrogen-bond donors (Lipinski definition) is 1. The van der Waals surface area contributed by atoms with Gasteiger partial charge in [-0.2, -0.15) is 0 Å². The van der Waals surface area contributed by atoms with Crippen LogP contribution in [-0.4, -0.2) is 21.0 Å². The Balaban J connectivity index is 1.66. The van der Waals surface area contributed by atoms with E-state index < -0.39 is 0 Å². The van der Waals surface area contributed by atoms with E-state index in [0.29, 0.717) is 23.2 Å². The molecule has 0 radical (unpaired) electrons. The first-order valence-electron chi connectivity index (χ1n) is 8.89. The van der Waals surface area contributed by atoms with Gasteiger partial charge in [0.1, 0.15) is 16.4 Å². The molecule has 0 aromatic carbocycles. The summed E-state index contributed by atoms with van der Waals surface area (Å²) < 4.78 is 0. The number of nitrogens with two attached hydrogens (primary N) is 1. The molecule has 24 heavy (non-hydrogen) atoms. The van der Waals surface area contributed by atoms with Crippen LogP contribution in [0.1, 0.15) is 55.9 Å². The minimum absolute atomic E-state index is 0.000964. The first-order valence-corrected chi connectivity index (χ1v) is 10.6. The minimum Gasteiger partial charge on any atom is -0.383 e. The van der Waals surface area contributed by atoms with Crippen LogP contribution in [0.5, 0.6) is 0 Å². The van der Waals surface area contributed by atoms with E-state index >= 15 is 0 Å². The maximum atomic E-state index is 12.3. The maximum absolute atomic E-state index is 12.3. The number of aryl methyl sites for hydroxylation is 1. The van der Waals surface area contributed by atoms with Crippen LogP contribution < -0.4 is 5.73 Å². The molecule has 1 fully saturated rings. The van der Waals surface area contributed by atoms with E-state index in [1.807, 2.05) is 0 Å². The van der Waals surface area contributed by atoms with E-state index in [4.69, 9.17) is 10.7 Å². The van der Waals surface area contributed by atoms with Gasteiger partial charge < -0.3 is 5.73 Å². The Labute approximate surface area is 150 Å². The minimum atomic E-state index is -0.000964. The molecule has 128 valence electrons. The van der Waals surface area contributed by atoms with E-state index in [0.717, 1.165) is 54.7 Å². The lowest BCUT2D eigenvalue weighted by atomic mass is 9.89. The molecule has 0 bridgehead atoms. The van der Waals surface area contributed by atoms with Crippen LogP contribution in [0.4, 0.5) is 5.82 Å². The van der Waals surface area contributed by atoms with E-state index in [1.165, 1.54) is 28.6 Å². The second-order valence-corrected chi connectivity index (χ2v) is 9.35. The zero-order valence-electron chi connectivity index (χ0n) is 14.0. The zero-order chi connectivity index (χ0) is 16.7. The number of nitrogen functional groups attached to an aromatic ring is 1. The number of aromatic nitrogens is 2. The highest BCUT2D eigenvalue weighted by molar-refractivity contribution is 8.00. The third-order valence-electron chi connectivity index (χ3n) is 5.16. The standard InChI is InChI=1S/C18H23N3OS2/c1-10-7-8-11-14(9-10)23-17-15(11)16(19)20-18(21-17)24-13-6-4-2-3-5-12(13)22/h10,13H,2-9H2,1H3,(H2,19,20,21). The number of Topliss-reactive ketones (excluding diaryl/α,β-unsaturated/α-hetero) is 1. The van der Waals surface area contributed by atoms with Crippen LogP contribution in [0.25, 0.3) is 10.2 Å². The summed E-state index contributed by atoms with van der Waals surface area (Å²) in [6, 6.07) is 0. The predicted octanol–water partition coefficient (Wildman–Crippen LogP) is 4.39. The van der Waals surface area contributed by atoms with E-state index in [-0.39, 0.29) is 5.25 Å². The molecule has 2 N–H and O–H groups in total. The van der Waals surface area contributed by atoms with Crippen molar-refractivity contribution in [1.29, 1.82) is 0 Å². The molecule has 2 aromatic heterocycles. The number of thioether (sulfide) groups is 1. The average molecular weight is 362 g/mol. The lowest BCUT2D eigenvalue weighted by Gasteiger charge is -2.17. The number of thiophene rings is 1. The van der Waals surface area contributed by atoms with Crippen molar-refractivity contribution in [3.05, 3.63) is 10.4 Å². The highest BCUT2D eigenvalue weighted by Gasteiger charge is 2.26. The first kappa shape index (κ1) is 16.3. The quantitative estimate of drug-likeness (QED) is 0.634. The largest absolute Gasteiger partial charge is 0.383 e. The molecule has 4 nitrogen and oxygen atoms in total. The van der Waals surface area contributed by atoms with Crippen LogP contribution in [-0.2, 0) is 17.6 Å². The maximum Gasteiger partial charge on any atom is 0.191 e. The summed E-state index contributed by atoms with van der Waals surface area (Å²) in [5.74, 6) is 1.67. The molecule has 1 saturated carbocycles. The van der Waals surface area contributed by atoms with Gasteiger partial charge in [0.05, 0.1) is 10.6 Å². The zero-order valence-corrected chi connectivity index (χ0v) is 15.6.